The molecule has 0 heterocycles. The van der Waals surface area contributed by atoms with Crippen molar-refractivity contribution in [1.29, 1.82) is 0 Å². The van der Waals surface area contributed by atoms with Crippen LogP contribution in [-0.4, -0.2) is 4.40 Å². The molecule has 0 saturated carbocycles. The van der Waals surface area contributed by atoms with Crippen LogP contribution in [0.15, 0.2) is 0 Å². The molecule has 0 aliphatic carbocycles. The van der Waals surface area contributed by atoms with Gasteiger partial charge in [0.25, 0.3) is 0 Å². The molecule has 0 bridgehead atoms. The number of rotatable bonds is 0. The third-order valence-corrected chi connectivity index (χ3v) is 5.08. The Hall–Kier alpha value is 1.14. The van der Waals surface area contributed by atoms with Gasteiger partial charge in [0.2, 0.25) is 0 Å². The minimum atomic E-state index is -1.93. The molecule has 0 aromatic heterocycles. The molecule has 0 atom stereocenters. The number of hydrogen-bond donors (Lipinski definition) is 0. The van der Waals surface area contributed by atoms with Crippen LogP contribution in [0.25, 0.3) is 0 Å². The van der Waals surface area contributed by atoms with E-state index in [1.54, 1.807) is 0 Å². The fourth-order valence-electron chi connectivity index (χ4n) is 0.267. The normalized spacial score (nSPS) is 12.2. The molecule has 3 heteroatoms. The molecule has 0 aliphatic heterocycles. The van der Waals surface area contributed by atoms with Gasteiger partial charge in [-0.05, 0) is 0 Å². The summed E-state index contributed by atoms with van der Waals surface area (Å²) in [4.78, 5) is 0. The maximum absolute atomic E-state index is 5.67. The van der Waals surface area contributed by atoms with Crippen LogP contribution in [-0.2, 0) is 14.8 Å². The molecule has 0 radical (unpaired) electrons. The van der Waals surface area contributed by atoms with E-state index in [2.05, 4.69) is 25.2 Å². The molecule has 0 N–H and O–H groups in total. The Morgan fingerprint density at radius 2 is 1.62 bits per heavy atom. The monoisotopic (exact) mass is 324 g/mol. The van der Waals surface area contributed by atoms with Crippen molar-refractivity contribution < 1.29 is 14.8 Å². The van der Waals surface area contributed by atoms with Gasteiger partial charge in [-0.25, -0.2) is 0 Å². The van der Waals surface area contributed by atoms with Gasteiger partial charge in [-0.2, -0.15) is 0 Å². The van der Waals surface area contributed by atoms with E-state index in [1.165, 1.54) is 0 Å². The Labute approximate surface area is 64.1 Å². The molecule has 50 valence electrons. The summed E-state index contributed by atoms with van der Waals surface area (Å²) in [6, 6.07) is 0. The van der Waals surface area contributed by atoms with Crippen molar-refractivity contribution >= 4 is 23.2 Å². The van der Waals surface area contributed by atoms with E-state index in [-0.39, 0.29) is 5.41 Å². The zero-order chi connectivity index (χ0) is 6.78. The summed E-state index contributed by atoms with van der Waals surface area (Å²) in [5.41, 5.74) is 0.220. The van der Waals surface area contributed by atoms with Gasteiger partial charge in [0.05, 0.1) is 0 Å². The molecular formula is C5H10Cl2W. The third-order valence-electron chi connectivity index (χ3n) is 0.443. The minimum absolute atomic E-state index is 0.220. The van der Waals surface area contributed by atoms with Crippen molar-refractivity contribution in [2.75, 3.05) is 0 Å². The summed E-state index contributed by atoms with van der Waals surface area (Å²) in [5.74, 6) is 0. The van der Waals surface area contributed by atoms with Gasteiger partial charge < -0.3 is 0 Å². The molecule has 0 aliphatic rings. The Kier molecular flexibility index (Phi) is 3.82. The first-order valence-corrected chi connectivity index (χ1v) is 11.3. The van der Waals surface area contributed by atoms with E-state index >= 15 is 0 Å². The first kappa shape index (κ1) is 9.14. The molecule has 0 aromatic rings. The SMILES string of the molecule is CC(C)(C)[CH]=[W]([Cl])[Cl]. The summed E-state index contributed by atoms with van der Waals surface area (Å²) in [5, 5.41) is 0. The second kappa shape index (κ2) is 3.34. The van der Waals surface area contributed by atoms with Crippen LogP contribution in [0.2, 0.25) is 0 Å². The van der Waals surface area contributed by atoms with Crippen LogP contribution in [0.3, 0.4) is 0 Å². The predicted octanol–water partition coefficient (Wildman–Crippen LogP) is 2.76. The van der Waals surface area contributed by atoms with Gasteiger partial charge in [-0.15, -0.1) is 0 Å². The van der Waals surface area contributed by atoms with Crippen molar-refractivity contribution in [3.8, 4) is 0 Å². The first-order valence-electron chi connectivity index (χ1n) is 2.33. The van der Waals surface area contributed by atoms with Gasteiger partial charge >= 0.3 is 64.2 Å². The molecule has 8 heavy (non-hydrogen) atoms. The molecule has 0 unspecified atom stereocenters. The van der Waals surface area contributed by atoms with E-state index in [1.807, 2.05) is 0 Å². The van der Waals surface area contributed by atoms with Crippen LogP contribution >= 0.6 is 18.8 Å². The Balaban J connectivity index is 3.89. The average molecular weight is 325 g/mol. The number of hydrogen-bond acceptors (Lipinski definition) is 0. The van der Waals surface area contributed by atoms with Crippen LogP contribution < -0.4 is 0 Å². The van der Waals surface area contributed by atoms with Gasteiger partial charge in [0.1, 0.15) is 0 Å². The van der Waals surface area contributed by atoms with E-state index in [0.29, 0.717) is 0 Å². The Bertz CT molecular complexity index is 97.5. The van der Waals surface area contributed by atoms with E-state index in [9.17, 15) is 0 Å². The van der Waals surface area contributed by atoms with Crippen LogP contribution in [0.5, 0.6) is 0 Å². The van der Waals surface area contributed by atoms with Crippen molar-refractivity contribution in [1.82, 2.24) is 0 Å². The standard InChI is InChI=1S/C5H10.2ClH.W/c1-5(2,3)4;;;/h1H,2-4H3;2*1H;/q;;;+2/p-2. The fourth-order valence-corrected chi connectivity index (χ4v) is 6.56. The second-order valence-electron chi connectivity index (χ2n) is 2.72. The van der Waals surface area contributed by atoms with Crippen molar-refractivity contribution in [2.24, 2.45) is 5.41 Å². The van der Waals surface area contributed by atoms with Crippen molar-refractivity contribution in [3.63, 3.8) is 0 Å². The van der Waals surface area contributed by atoms with Crippen LogP contribution in [0.4, 0.5) is 0 Å². The fraction of sp³-hybridized carbons (Fsp3) is 0.800. The molecule has 0 aromatic carbocycles. The van der Waals surface area contributed by atoms with Gasteiger partial charge in [-0.3, -0.25) is 0 Å². The topological polar surface area (TPSA) is 0 Å². The molecule has 0 saturated heterocycles. The second-order valence-corrected chi connectivity index (χ2v) is 12.0. The van der Waals surface area contributed by atoms with Gasteiger partial charge in [0, 0.05) is 0 Å². The molecule has 0 spiro atoms. The average Bonchev–Trinajstić information content (AvgIpc) is 1.21. The van der Waals surface area contributed by atoms with E-state index in [0.717, 1.165) is 0 Å². The maximum atomic E-state index is 5.67. The summed E-state index contributed by atoms with van der Waals surface area (Å²) in [7, 11) is 11.3. The zero-order valence-electron chi connectivity index (χ0n) is 5.24. The molecule has 0 amide bonds. The van der Waals surface area contributed by atoms with Crippen molar-refractivity contribution in [2.45, 2.75) is 20.8 Å². The molecule has 0 nitrogen and oxygen atoms in total. The molecule has 0 rings (SSSR count). The summed E-state index contributed by atoms with van der Waals surface area (Å²) in [6.07, 6.45) is 0. The summed E-state index contributed by atoms with van der Waals surface area (Å²) < 4.78 is 2.08. The van der Waals surface area contributed by atoms with Crippen LogP contribution in [0.1, 0.15) is 20.8 Å². The number of halogens is 2. The van der Waals surface area contributed by atoms with Gasteiger partial charge in [-0.1, -0.05) is 0 Å². The Morgan fingerprint density at radius 1 is 1.25 bits per heavy atom. The summed E-state index contributed by atoms with van der Waals surface area (Å²) >= 11 is -1.93. The molecule has 0 fully saturated rings. The Morgan fingerprint density at radius 3 is 1.62 bits per heavy atom. The summed E-state index contributed by atoms with van der Waals surface area (Å²) in [6.45, 7) is 6.33. The van der Waals surface area contributed by atoms with E-state index < -0.39 is 14.8 Å². The van der Waals surface area contributed by atoms with Crippen LogP contribution in [0, 0.1) is 5.41 Å². The van der Waals surface area contributed by atoms with Gasteiger partial charge in [0.15, 0.2) is 0 Å². The molecular weight excluding hydrogens is 315 g/mol. The first-order chi connectivity index (χ1) is 3.42. The third kappa shape index (κ3) is 7.14. The van der Waals surface area contributed by atoms with Crippen molar-refractivity contribution in [3.05, 3.63) is 0 Å². The zero-order valence-corrected chi connectivity index (χ0v) is 9.69. The predicted molar refractivity (Wildman–Crippen MR) is 37.2 cm³/mol. The quantitative estimate of drug-likeness (QED) is 0.643. The van der Waals surface area contributed by atoms with E-state index in [4.69, 9.17) is 18.8 Å².